The summed E-state index contributed by atoms with van der Waals surface area (Å²) in [5, 5.41) is 14.4. The molecule has 0 unspecified atom stereocenters. The van der Waals surface area contributed by atoms with E-state index in [2.05, 4.69) is 10.6 Å². The van der Waals surface area contributed by atoms with E-state index in [0.717, 1.165) is 6.42 Å². The second-order valence-electron chi connectivity index (χ2n) is 4.20. The van der Waals surface area contributed by atoms with Crippen molar-refractivity contribution in [3.8, 4) is 6.07 Å². The van der Waals surface area contributed by atoms with Gasteiger partial charge in [0.2, 0.25) is 0 Å². The molecule has 0 heterocycles. The normalized spacial score (nSPS) is 11.2. The minimum atomic E-state index is -0.376. The third-order valence-electron chi connectivity index (χ3n) is 2.12. The van der Waals surface area contributed by atoms with Gasteiger partial charge in [-0.25, -0.2) is 0 Å². The van der Waals surface area contributed by atoms with Crippen molar-refractivity contribution in [3.05, 3.63) is 11.8 Å². The first-order valence-electron chi connectivity index (χ1n) is 6.41. The van der Waals surface area contributed by atoms with Crippen LogP contribution in [0.5, 0.6) is 0 Å². The monoisotopic (exact) mass is 287 g/mol. The molecule has 0 aliphatic heterocycles. The number of carbonyl (C=O) groups excluding carboxylic acids is 1. The Kier molecular flexibility index (Phi) is 11.0. The molecular weight excluding hydrogens is 266 g/mol. The average Bonchev–Trinajstić information content (AvgIpc) is 2.37. The number of halogens is 1. The third-order valence-corrected chi connectivity index (χ3v) is 2.39. The fourth-order valence-electron chi connectivity index (χ4n) is 1.18. The van der Waals surface area contributed by atoms with Crippen LogP contribution in [-0.4, -0.2) is 37.6 Å². The number of carbonyl (C=O) groups is 1. The van der Waals surface area contributed by atoms with Crippen LogP contribution in [0.4, 0.5) is 0 Å². The van der Waals surface area contributed by atoms with Gasteiger partial charge in [0.15, 0.2) is 0 Å². The molecule has 0 bridgehead atoms. The Morgan fingerprint density at radius 2 is 2.16 bits per heavy atom. The maximum absolute atomic E-state index is 11.5. The molecule has 108 valence electrons. The van der Waals surface area contributed by atoms with Gasteiger partial charge < -0.3 is 15.4 Å². The van der Waals surface area contributed by atoms with Gasteiger partial charge in [0.25, 0.3) is 5.91 Å². The van der Waals surface area contributed by atoms with E-state index in [1.807, 2.05) is 19.9 Å². The molecule has 2 N–H and O–H groups in total. The molecule has 0 saturated carbocycles. The molecule has 0 fully saturated rings. The Morgan fingerprint density at radius 3 is 2.74 bits per heavy atom. The molecular formula is C13H22ClN3O2. The van der Waals surface area contributed by atoms with Crippen molar-refractivity contribution in [1.82, 2.24) is 10.6 Å². The second kappa shape index (κ2) is 11.8. The summed E-state index contributed by atoms with van der Waals surface area (Å²) in [6, 6.07) is 1.86. The number of hydrogen-bond acceptors (Lipinski definition) is 4. The Hall–Kier alpha value is -1.25. The van der Waals surface area contributed by atoms with Crippen LogP contribution in [0, 0.1) is 11.3 Å². The Balaban J connectivity index is 3.86. The molecule has 0 radical (unpaired) electrons. The van der Waals surface area contributed by atoms with Gasteiger partial charge in [-0.2, -0.15) is 5.26 Å². The number of ether oxygens (including phenoxy) is 1. The van der Waals surface area contributed by atoms with Gasteiger partial charge in [-0.3, -0.25) is 4.79 Å². The fourth-order valence-corrected chi connectivity index (χ4v) is 1.31. The largest absolute Gasteiger partial charge is 0.390 e. The number of alkyl halides is 1. The number of nitrogens with one attached hydrogen (secondary N) is 2. The van der Waals surface area contributed by atoms with Gasteiger partial charge in [0, 0.05) is 31.8 Å². The van der Waals surface area contributed by atoms with Crippen LogP contribution >= 0.6 is 11.6 Å². The maximum Gasteiger partial charge on any atom is 0.263 e. The van der Waals surface area contributed by atoms with Crippen molar-refractivity contribution in [2.24, 2.45) is 0 Å². The van der Waals surface area contributed by atoms with Crippen LogP contribution in [0.25, 0.3) is 0 Å². The van der Waals surface area contributed by atoms with Crippen LogP contribution in [0.15, 0.2) is 11.8 Å². The Bertz CT molecular complexity index is 324. The summed E-state index contributed by atoms with van der Waals surface area (Å²) >= 11 is 5.50. The van der Waals surface area contributed by atoms with Crippen LogP contribution in [0.2, 0.25) is 0 Å². The molecule has 0 spiro atoms. The van der Waals surface area contributed by atoms with E-state index in [1.54, 1.807) is 0 Å². The highest BCUT2D eigenvalue weighted by atomic mass is 35.5. The lowest BCUT2D eigenvalue weighted by molar-refractivity contribution is -0.117. The van der Waals surface area contributed by atoms with Crippen molar-refractivity contribution in [2.45, 2.75) is 32.8 Å². The van der Waals surface area contributed by atoms with E-state index >= 15 is 0 Å². The van der Waals surface area contributed by atoms with Crippen molar-refractivity contribution in [3.63, 3.8) is 0 Å². The number of nitrogens with zero attached hydrogens (tertiary/aromatic N) is 1. The lowest BCUT2D eigenvalue weighted by atomic mass is 10.3. The van der Waals surface area contributed by atoms with Crippen molar-refractivity contribution >= 4 is 17.5 Å². The summed E-state index contributed by atoms with van der Waals surface area (Å²) in [5.41, 5.74) is 0.0688. The highest BCUT2D eigenvalue weighted by Crippen LogP contribution is 1.93. The van der Waals surface area contributed by atoms with E-state index in [-0.39, 0.29) is 17.6 Å². The van der Waals surface area contributed by atoms with E-state index in [1.165, 1.54) is 6.20 Å². The quantitative estimate of drug-likeness (QED) is 0.277. The smallest absolute Gasteiger partial charge is 0.263 e. The SMILES string of the molecule is CC(C)OCCCN/C=C(/C#N)C(=O)NCCCCl. The summed E-state index contributed by atoms with van der Waals surface area (Å²) in [6.07, 6.45) is 3.16. The fraction of sp³-hybridized carbons (Fsp3) is 0.692. The number of rotatable bonds is 10. The van der Waals surface area contributed by atoms with E-state index in [0.29, 0.717) is 32.0 Å². The molecule has 19 heavy (non-hydrogen) atoms. The lowest BCUT2D eigenvalue weighted by Crippen LogP contribution is -2.27. The summed E-state index contributed by atoms with van der Waals surface area (Å²) in [4.78, 5) is 11.5. The number of nitriles is 1. The van der Waals surface area contributed by atoms with Gasteiger partial charge in [0.05, 0.1) is 6.10 Å². The van der Waals surface area contributed by atoms with Gasteiger partial charge in [-0.05, 0) is 26.7 Å². The van der Waals surface area contributed by atoms with E-state index < -0.39 is 0 Å². The zero-order valence-corrected chi connectivity index (χ0v) is 12.3. The average molecular weight is 288 g/mol. The second-order valence-corrected chi connectivity index (χ2v) is 4.57. The molecule has 0 atom stereocenters. The van der Waals surface area contributed by atoms with E-state index in [9.17, 15) is 4.79 Å². The van der Waals surface area contributed by atoms with Crippen LogP contribution in [0.3, 0.4) is 0 Å². The minimum absolute atomic E-state index is 0.0688. The molecule has 0 aromatic rings. The zero-order valence-electron chi connectivity index (χ0n) is 11.5. The predicted molar refractivity (Wildman–Crippen MR) is 75.8 cm³/mol. The summed E-state index contributed by atoms with van der Waals surface area (Å²) in [5.74, 6) is 0.110. The summed E-state index contributed by atoms with van der Waals surface area (Å²) in [6.45, 7) is 5.75. The highest BCUT2D eigenvalue weighted by Gasteiger charge is 2.06. The third kappa shape index (κ3) is 10.4. The van der Waals surface area contributed by atoms with Crippen LogP contribution in [0.1, 0.15) is 26.7 Å². The molecule has 1 amide bonds. The van der Waals surface area contributed by atoms with Crippen molar-refractivity contribution < 1.29 is 9.53 Å². The zero-order chi connectivity index (χ0) is 14.5. The van der Waals surface area contributed by atoms with Gasteiger partial charge in [-0.15, -0.1) is 11.6 Å². The Labute approximate surface area is 119 Å². The molecule has 0 saturated heterocycles. The topological polar surface area (TPSA) is 74.1 Å². The van der Waals surface area contributed by atoms with Crippen LogP contribution in [-0.2, 0) is 9.53 Å². The molecule has 5 nitrogen and oxygen atoms in total. The molecule has 0 rings (SSSR count). The highest BCUT2D eigenvalue weighted by molar-refractivity contribution is 6.17. The number of amides is 1. The summed E-state index contributed by atoms with van der Waals surface area (Å²) < 4.78 is 5.37. The first-order chi connectivity index (χ1) is 9.11. The standard InChI is InChI=1S/C13H22ClN3O2/c1-11(2)19-8-4-6-16-10-12(9-15)13(18)17-7-3-5-14/h10-11,16H,3-8H2,1-2H3,(H,17,18)/b12-10-. The van der Waals surface area contributed by atoms with Crippen molar-refractivity contribution in [1.29, 1.82) is 5.26 Å². The van der Waals surface area contributed by atoms with E-state index in [4.69, 9.17) is 21.6 Å². The molecule has 0 aliphatic carbocycles. The lowest BCUT2D eigenvalue weighted by Gasteiger charge is -2.07. The molecule has 6 heteroatoms. The van der Waals surface area contributed by atoms with Gasteiger partial charge in [0.1, 0.15) is 11.6 Å². The van der Waals surface area contributed by atoms with Crippen molar-refractivity contribution in [2.75, 3.05) is 25.6 Å². The minimum Gasteiger partial charge on any atom is -0.390 e. The van der Waals surface area contributed by atoms with Gasteiger partial charge >= 0.3 is 0 Å². The molecule has 0 aliphatic rings. The first-order valence-corrected chi connectivity index (χ1v) is 6.94. The van der Waals surface area contributed by atoms with Crippen LogP contribution < -0.4 is 10.6 Å². The van der Waals surface area contributed by atoms with Gasteiger partial charge in [-0.1, -0.05) is 0 Å². The Morgan fingerprint density at radius 1 is 1.42 bits per heavy atom. The number of hydrogen-bond donors (Lipinski definition) is 2. The first kappa shape index (κ1) is 17.8. The summed E-state index contributed by atoms with van der Waals surface area (Å²) in [7, 11) is 0. The molecule has 0 aromatic heterocycles. The molecule has 0 aromatic carbocycles. The maximum atomic E-state index is 11.5. The predicted octanol–water partition coefficient (Wildman–Crippen LogP) is 1.54.